The molecule has 0 aliphatic carbocycles. The number of hydrogen-bond donors (Lipinski definition) is 1. The van der Waals surface area contributed by atoms with Crippen LogP contribution in [0.5, 0.6) is 5.75 Å². The van der Waals surface area contributed by atoms with Gasteiger partial charge < -0.3 is 15.0 Å². The fraction of sp³-hybridized carbons (Fsp3) is 0.471. The molecule has 0 saturated carbocycles. The van der Waals surface area contributed by atoms with E-state index in [1.165, 1.54) is 0 Å². The standard InChI is InChI=1S/C17H23N3O/c1-4-7-14(18)17-19-15-12-13(21-11-6-3)8-9-16(15)20(17)10-5-2/h2,8-9,12,14H,4,6-7,10-11,18H2,1,3H3. The van der Waals surface area contributed by atoms with Crippen LogP contribution in [0, 0.1) is 12.3 Å². The molecule has 1 atom stereocenters. The molecule has 2 rings (SSSR count). The van der Waals surface area contributed by atoms with Gasteiger partial charge in [-0.2, -0.15) is 0 Å². The number of hydrogen-bond acceptors (Lipinski definition) is 3. The van der Waals surface area contributed by atoms with E-state index in [4.69, 9.17) is 16.9 Å². The van der Waals surface area contributed by atoms with Crippen LogP contribution < -0.4 is 10.5 Å². The third kappa shape index (κ3) is 3.37. The molecule has 2 aromatic rings. The Morgan fingerprint density at radius 3 is 2.86 bits per heavy atom. The van der Waals surface area contributed by atoms with E-state index in [-0.39, 0.29) is 6.04 Å². The molecule has 4 heteroatoms. The van der Waals surface area contributed by atoms with Gasteiger partial charge in [-0.25, -0.2) is 4.98 Å². The number of terminal acetylenes is 1. The van der Waals surface area contributed by atoms with Crippen molar-refractivity contribution >= 4 is 11.0 Å². The van der Waals surface area contributed by atoms with Crippen molar-refractivity contribution in [2.75, 3.05) is 6.61 Å². The van der Waals surface area contributed by atoms with Crippen molar-refractivity contribution in [3.05, 3.63) is 24.0 Å². The number of rotatable bonds is 7. The molecule has 112 valence electrons. The van der Waals surface area contributed by atoms with Crippen LogP contribution in [0.25, 0.3) is 11.0 Å². The number of nitrogens with two attached hydrogens (primary N) is 1. The highest BCUT2D eigenvalue weighted by atomic mass is 16.5. The molecule has 0 saturated heterocycles. The molecule has 1 heterocycles. The minimum Gasteiger partial charge on any atom is -0.494 e. The average molecular weight is 285 g/mol. The summed E-state index contributed by atoms with van der Waals surface area (Å²) < 4.78 is 7.69. The third-order valence-electron chi connectivity index (χ3n) is 3.40. The highest BCUT2D eigenvalue weighted by Crippen LogP contribution is 2.25. The van der Waals surface area contributed by atoms with E-state index in [2.05, 4.69) is 24.8 Å². The molecule has 0 aliphatic heterocycles. The van der Waals surface area contributed by atoms with Crippen molar-refractivity contribution < 1.29 is 4.74 Å². The van der Waals surface area contributed by atoms with Crippen LogP contribution in [-0.2, 0) is 6.54 Å². The summed E-state index contributed by atoms with van der Waals surface area (Å²) in [5.74, 6) is 4.38. The summed E-state index contributed by atoms with van der Waals surface area (Å²) in [4.78, 5) is 4.68. The van der Waals surface area contributed by atoms with Crippen molar-refractivity contribution in [2.24, 2.45) is 5.73 Å². The van der Waals surface area contributed by atoms with Crippen LogP contribution in [0.4, 0.5) is 0 Å². The third-order valence-corrected chi connectivity index (χ3v) is 3.40. The minimum atomic E-state index is -0.0873. The minimum absolute atomic E-state index is 0.0873. The van der Waals surface area contributed by atoms with Gasteiger partial charge in [0.25, 0.3) is 0 Å². The van der Waals surface area contributed by atoms with Crippen LogP contribution in [0.3, 0.4) is 0 Å². The number of imidazole rings is 1. The normalized spacial score (nSPS) is 12.3. The average Bonchev–Trinajstić information content (AvgIpc) is 2.84. The Kier molecular flexibility index (Phi) is 5.24. The topological polar surface area (TPSA) is 53.1 Å². The Morgan fingerprint density at radius 1 is 1.38 bits per heavy atom. The van der Waals surface area contributed by atoms with Crippen molar-refractivity contribution in [3.8, 4) is 18.1 Å². The van der Waals surface area contributed by atoms with Crippen LogP contribution in [0.1, 0.15) is 45.0 Å². The van der Waals surface area contributed by atoms with E-state index in [0.29, 0.717) is 13.2 Å². The number of nitrogens with zero attached hydrogens (tertiary/aromatic N) is 2. The molecule has 1 unspecified atom stereocenters. The fourth-order valence-electron chi connectivity index (χ4n) is 2.42. The van der Waals surface area contributed by atoms with Crippen molar-refractivity contribution in [2.45, 2.75) is 45.7 Å². The van der Waals surface area contributed by atoms with Gasteiger partial charge in [-0.1, -0.05) is 26.2 Å². The molecular weight excluding hydrogens is 262 g/mol. The Balaban J connectivity index is 2.43. The van der Waals surface area contributed by atoms with Crippen LogP contribution >= 0.6 is 0 Å². The maximum absolute atomic E-state index is 6.24. The van der Waals surface area contributed by atoms with Gasteiger partial charge in [-0.05, 0) is 25.0 Å². The number of benzene rings is 1. The zero-order valence-electron chi connectivity index (χ0n) is 12.8. The molecule has 0 amide bonds. The first-order valence-corrected chi connectivity index (χ1v) is 7.53. The molecule has 4 nitrogen and oxygen atoms in total. The highest BCUT2D eigenvalue weighted by molar-refractivity contribution is 5.78. The maximum Gasteiger partial charge on any atom is 0.127 e. The fourth-order valence-corrected chi connectivity index (χ4v) is 2.42. The second-order valence-electron chi connectivity index (χ2n) is 5.15. The van der Waals surface area contributed by atoms with Crippen LogP contribution in [-0.4, -0.2) is 16.2 Å². The quantitative estimate of drug-likeness (QED) is 0.794. The molecule has 21 heavy (non-hydrogen) atoms. The lowest BCUT2D eigenvalue weighted by Crippen LogP contribution is -2.16. The van der Waals surface area contributed by atoms with Gasteiger partial charge in [0, 0.05) is 6.07 Å². The predicted molar refractivity (Wildman–Crippen MR) is 86.2 cm³/mol. The zero-order chi connectivity index (χ0) is 15.2. The van der Waals surface area contributed by atoms with E-state index >= 15 is 0 Å². The molecule has 0 fully saturated rings. The first kappa shape index (κ1) is 15.4. The summed E-state index contributed by atoms with van der Waals surface area (Å²) in [7, 11) is 0. The summed E-state index contributed by atoms with van der Waals surface area (Å²) in [6.07, 6.45) is 8.38. The monoisotopic (exact) mass is 285 g/mol. The largest absolute Gasteiger partial charge is 0.494 e. The van der Waals surface area contributed by atoms with Gasteiger partial charge in [-0.3, -0.25) is 0 Å². The van der Waals surface area contributed by atoms with Gasteiger partial charge in [0.1, 0.15) is 11.6 Å². The lowest BCUT2D eigenvalue weighted by molar-refractivity contribution is 0.318. The van der Waals surface area contributed by atoms with Crippen molar-refractivity contribution in [3.63, 3.8) is 0 Å². The van der Waals surface area contributed by atoms with Gasteiger partial charge in [0.05, 0.1) is 30.2 Å². The molecule has 2 N–H and O–H groups in total. The van der Waals surface area contributed by atoms with Gasteiger partial charge in [-0.15, -0.1) is 6.42 Å². The van der Waals surface area contributed by atoms with Gasteiger partial charge in [0.2, 0.25) is 0 Å². The maximum atomic E-state index is 6.24. The second-order valence-corrected chi connectivity index (χ2v) is 5.15. The molecule has 1 aromatic carbocycles. The lowest BCUT2D eigenvalue weighted by atomic mass is 10.2. The lowest BCUT2D eigenvalue weighted by Gasteiger charge is -2.11. The molecular formula is C17H23N3O. The molecule has 0 spiro atoms. The summed E-state index contributed by atoms with van der Waals surface area (Å²) in [5.41, 5.74) is 8.14. The molecule has 0 aliphatic rings. The van der Waals surface area contributed by atoms with Crippen molar-refractivity contribution in [1.82, 2.24) is 9.55 Å². The Hall–Kier alpha value is -1.99. The second kappa shape index (κ2) is 7.14. The van der Waals surface area contributed by atoms with Crippen LogP contribution in [0.15, 0.2) is 18.2 Å². The number of fused-ring (bicyclic) bond motifs is 1. The van der Waals surface area contributed by atoms with E-state index in [0.717, 1.165) is 41.9 Å². The van der Waals surface area contributed by atoms with E-state index in [1.54, 1.807) is 0 Å². The Morgan fingerprint density at radius 2 is 2.19 bits per heavy atom. The summed E-state index contributed by atoms with van der Waals surface area (Å²) in [5, 5.41) is 0. The van der Waals surface area contributed by atoms with E-state index in [1.807, 2.05) is 22.8 Å². The predicted octanol–water partition coefficient (Wildman–Crippen LogP) is 3.26. The van der Waals surface area contributed by atoms with E-state index < -0.39 is 0 Å². The smallest absolute Gasteiger partial charge is 0.127 e. The molecule has 1 aromatic heterocycles. The highest BCUT2D eigenvalue weighted by Gasteiger charge is 2.16. The van der Waals surface area contributed by atoms with Gasteiger partial charge >= 0.3 is 0 Å². The van der Waals surface area contributed by atoms with Crippen molar-refractivity contribution in [1.29, 1.82) is 0 Å². The summed E-state index contributed by atoms with van der Waals surface area (Å²) in [6, 6.07) is 5.84. The zero-order valence-corrected chi connectivity index (χ0v) is 12.8. The van der Waals surface area contributed by atoms with E-state index in [9.17, 15) is 0 Å². The first-order chi connectivity index (χ1) is 10.2. The first-order valence-electron chi connectivity index (χ1n) is 7.53. The van der Waals surface area contributed by atoms with Crippen LogP contribution in [0.2, 0.25) is 0 Å². The SMILES string of the molecule is C#CCn1c(C(N)CCC)nc2cc(OCCC)ccc21. The molecule has 0 radical (unpaired) electrons. The summed E-state index contributed by atoms with van der Waals surface area (Å²) >= 11 is 0. The molecule has 0 bridgehead atoms. The number of ether oxygens (including phenoxy) is 1. The number of aromatic nitrogens is 2. The Bertz CT molecular complexity index is 639. The Labute approximate surface area is 126 Å². The van der Waals surface area contributed by atoms with Gasteiger partial charge in [0.15, 0.2) is 0 Å². The summed E-state index contributed by atoms with van der Waals surface area (Å²) in [6.45, 7) is 5.39.